The van der Waals surface area contributed by atoms with Crippen LogP contribution in [-0.4, -0.2) is 57.4 Å². The summed E-state index contributed by atoms with van der Waals surface area (Å²) >= 11 is 0. The second kappa shape index (κ2) is 11.1. The number of benzene rings is 1. The Morgan fingerprint density at radius 3 is 2.41 bits per heavy atom. The number of carbonyl (C=O) groups is 2. The summed E-state index contributed by atoms with van der Waals surface area (Å²) in [5.74, 6) is -0.554. The molecule has 0 spiro atoms. The van der Waals surface area contributed by atoms with Crippen molar-refractivity contribution >= 4 is 21.9 Å². The Kier molecular flexibility index (Phi) is 8.53. The van der Waals surface area contributed by atoms with E-state index in [-0.39, 0.29) is 28.2 Å². The number of sulfonamides is 1. The van der Waals surface area contributed by atoms with Crippen LogP contribution >= 0.6 is 0 Å². The lowest BCUT2D eigenvalue weighted by atomic mass is 9.86. The molecule has 0 bridgehead atoms. The van der Waals surface area contributed by atoms with Crippen molar-refractivity contribution in [3.63, 3.8) is 0 Å². The molecule has 9 heteroatoms. The van der Waals surface area contributed by atoms with Gasteiger partial charge in [0.15, 0.2) is 6.61 Å². The van der Waals surface area contributed by atoms with E-state index in [4.69, 9.17) is 9.47 Å². The van der Waals surface area contributed by atoms with Crippen molar-refractivity contribution in [3.8, 4) is 5.75 Å². The van der Waals surface area contributed by atoms with E-state index in [1.165, 1.54) is 36.0 Å². The van der Waals surface area contributed by atoms with Gasteiger partial charge in [-0.25, -0.2) is 13.2 Å². The highest BCUT2D eigenvalue weighted by Gasteiger charge is 2.28. The summed E-state index contributed by atoms with van der Waals surface area (Å²) in [7, 11) is -2.34. The van der Waals surface area contributed by atoms with Crippen LogP contribution in [0.2, 0.25) is 0 Å². The summed E-state index contributed by atoms with van der Waals surface area (Å²) in [6.45, 7) is 2.62. The zero-order valence-electron chi connectivity index (χ0n) is 19.0. The van der Waals surface area contributed by atoms with Gasteiger partial charge in [0, 0.05) is 19.1 Å². The van der Waals surface area contributed by atoms with E-state index in [2.05, 4.69) is 12.2 Å². The van der Waals surface area contributed by atoms with Gasteiger partial charge in [-0.1, -0.05) is 32.6 Å². The fraction of sp³-hybridized carbons (Fsp3) is 0.652. The summed E-state index contributed by atoms with van der Waals surface area (Å²) < 4.78 is 38.1. The number of ether oxygens (including phenoxy) is 2. The zero-order chi connectivity index (χ0) is 23.1. The van der Waals surface area contributed by atoms with E-state index in [0.717, 1.165) is 44.9 Å². The molecule has 178 valence electrons. The Balaban J connectivity index is 1.69. The minimum Gasteiger partial charge on any atom is -0.496 e. The van der Waals surface area contributed by atoms with E-state index in [9.17, 15) is 18.0 Å². The first-order valence-corrected chi connectivity index (χ1v) is 12.9. The van der Waals surface area contributed by atoms with Gasteiger partial charge < -0.3 is 14.8 Å². The van der Waals surface area contributed by atoms with Gasteiger partial charge in [0.2, 0.25) is 10.0 Å². The lowest BCUT2D eigenvalue weighted by Gasteiger charge is -2.29. The highest BCUT2D eigenvalue weighted by atomic mass is 32.2. The molecule has 8 nitrogen and oxygen atoms in total. The van der Waals surface area contributed by atoms with Crippen molar-refractivity contribution in [2.75, 3.05) is 26.8 Å². The van der Waals surface area contributed by atoms with Crippen LogP contribution in [0.3, 0.4) is 0 Å². The number of amides is 1. The van der Waals surface area contributed by atoms with Gasteiger partial charge in [-0.15, -0.1) is 0 Å². The number of esters is 1. The van der Waals surface area contributed by atoms with Gasteiger partial charge in [0.05, 0.1) is 12.0 Å². The number of nitrogens with one attached hydrogen (secondary N) is 1. The molecule has 32 heavy (non-hydrogen) atoms. The molecule has 0 unspecified atom stereocenters. The fourth-order valence-electron chi connectivity index (χ4n) is 4.43. The first-order valence-electron chi connectivity index (χ1n) is 11.5. The van der Waals surface area contributed by atoms with Crippen LogP contribution < -0.4 is 10.1 Å². The van der Waals surface area contributed by atoms with Gasteiger partial charge in [-0.05, 0) is 49.8 Å². The van der Waals surface area contributed by atoms with Crippen molar-refractivity contribution in [2.24, 2.45) is 5.92 Å². The number of hydrogen-bond donors (Lipinski definition) is 1. The molecule has 0 radical (unpaired) electrons. The Bertz CT molecular complexity index is 909. The number of rotatable bonds is 7. The van der Waals surface area contributed by atoms with Gasteiger partial charge >= 0.3 is 5.97 Å². The highest BCUT2D eigenvalue weighted by Crippen LogP contribution is 2.27. The first-order chi connectivity index (χ1) is 15.3. The van der Waals surface area contributed by atoms with Crippen LogP contribution in [0.1, 0.15) is 68.6 Å². The summed E-state index contributed by atoms with van der Waals surface area (Å²) in [6, 6.07) is 4.26. The van der Waals surface area contributed by atoms with Crippen molar-refractivity contribution in [3.05, 3.63) is 23.8 Å². The molecule has 1 saturated carbocycles. The SMILES string of the molecule is COc1ccc(S(=O)(=O)N2CCCCCC2)cc1C(=O)OCC(=O)N[C@H]1CCCC[C@H]1C. The molecular weight excluding hydrogens is 432 g/mol. The summed E-state index contributed by atoms with van der Waals surface area (Å²) in [5.41, 5.74) is -0.0118. The molecule has 1 aromatic carbocycles. The number of hydrogen-bond acceptors (Lipinski definition) is 6. The average molecular weight is 467 g/mol. The van der Waals surface area contributed by atoms with Crippen LogP contribution in [-0.2, 0) is 19.6 Å². The lowest BCUT2D eigenvalue weighted by Crippen LogP contribution is -2.42. The molecule has 1 aromatic rings. The average Bonchev–Trinajstić information content (AvgIpc) is 3.09. The predicted octanol–water partition coefficient (Wildman–Crippen LogP) is 3.11. The summed E-state index contributed by atoms with van der Waals surface area (Å²) in [4.78, 5) is 25.0. The van der Waals surface area contributed by atoms with Crippen LogP contribution in [0.5, 0.6) is 5.75 Å². The molecule has 1 heterocycles. The molecule has 1 aliphatic heterocycles. The first kappa shape index (κ1) is 24.5. The number of nitrogens with zero attached hydrogens (tertiary/aromatic N) is 1. The Morgan fingerprint density at radius 2 is 1.75 bits per heavy atom. The van der Waals surface area contributed by atoms with Crippen LogP contribution in [0.4, 0.5) is 0 Å². The maximum atomic E-state index is 13.1. The zero-order valence-corrected chi connectivity index (χ0v) is 19.8. The standard InChI is InChI=1S/C23H34N2O6S/c1-17-9-5-6-10-20(17)24-22(26)16-31-23(27)19-15-18(11-12-21(19)30-2)32(28,29)25-13-7-3-4-8-14-25/h11-12,15,17,20H,3-10,13-14,16H2,1-2H3,(H,24,26)/t17-,20+/m1/s1. The van der Waals surface area contributed by atoms with E-state index in [1.54, 1.807) is 0 Å². The van der Waals surface area contributed by atoms with E-state index >= 15 is 0 Å². The molecule has 0 aromatic heterocycles. The Hall–Kier alpha value is -2.13. The third-order valence-electron chi connectivity index (χ3n) is 6.39. The van der Waals surface area contributed by atoms with Gasteiger partial charge in [0.1, 0.15) is 11.3 Å². The minimum absolute atomic E-state index is 0.0118. The van der Waals surface area contributed by atoms with Crippen molar-refractivity contribution in [2.45, 2.75) is 69.2 Å². The molecule has 2 aliphatic rings. The minimum atomic E-state index is -3.73. The van der Waals surface area contributed by atoms with Crippen LogP contribution in [0, 0.1) is 5.92 Å². The topological polar surface area (TPSA) is 102 Å². The molecule has 2 atom stereocenters. The quantitative estimate of drug-likeness (QED) is 0.620. The molecule has 2 fully saturated rings. The van der Waals surface area contributed by atoms with Crippen LogP contribution in [0.25, 0.3) is 0 Å². The Morgan fingerprint density at radius 1 is 1.06 bits per heavy atom. The van der Waals surface area contributed by atoms with E-state index in [1.807, 2.05) is 0 Å². The Labute approximate surface area is 190 Å². The molecule has 1 amide bonds. The van der Waals surface area contributed by atoms with E-state index < -0.39 is 22.6 Å². The highest BCUT2D eigenvalue weighted by molar-refractivity contribution is 7.89. The molecular formula is C23H34N2O6S. The second-order valence-corrected chi connectivity index (χ2v) is 10.6. The molecule has 1 aliphatic carbocycles. The normalized spacial score (nSPS) is 22.6. The maximum absolute atomic E-state index is 13.1. The number of carbonyl (C=O) groups excluding carboxylic acids is 2. The smallest absolute Gasteiger partial charge is 0.342 e. The van der Waals surface area contributed by atoms with Crippen LogP contribution in [0.15, 0.2) is 23.1 Å². The van der Waals surface area contributed by atoms with Crippen molar-refractivity contribution in [1.29, 1.82) is 0 Å². The fourth-order valence-corrected chi connectivity index (χ4v) is 5.97. The molecule has 1 N–H and O–H groups in total. The predicted molar refractivity (Wildman–Crippen MR) is 120 cm³/mol. The lowest BCUT2D eigenvalue weighted by molar-refractivity contribution is -0.125. The largest absolute Gasteiger partial charge is 0.496 e. The van der Waals surface area contributed by atoms with Gasteiger partial charge in [-0.2, -0.15) is 4.31 Å². The molecule has 1 saturated heterocycles. The van der Waals surface area contributed by atoms with E-state index in [0.29, 0.717) is 19.0 Å². The monoisotopic (exact) mass is 466 g/mol. The maximum Gasteiger partial charge on any atom is 0.342 e. The van der Waals surface area contributed by atoms with Gasteiger partial charge in [-0.3, -0.25) is 4.79 Å². The number of methoxy groups -OCH3 is 1. The third kappa shape index (κ3) is 6.01. The summed E-state index contributed by atoms with van der Waals surface area (Å²) in [6.07, 6.45) is 7.88. The molecule has 3 rings (SSSR count). The van der Waals surface area contributed by atoms with Crippen molar-refractivity contribution in [1.82, 2.24) is 9.62 Å². The summed E-state index contributed by atoms with van der Waals surface area (Å²) in [5, 5.41) is 2.94. The van der Waals surface area contributed by atoms with Crippen molar-refractivity contribution < 1.29 is 27.5 Å². The second-order valence-electron chi connectivity index (χ2n) is 8.69. The van der Waals surface area contributed by atoms with Gasteiger partial charge in [0.25, 0.3) is 5.91 Å². The third-order valence-corrected chi connectivity index (χ3v) is 8.28.